The maximum atomic E-state index is 12.1. The summed E-state index contributed by atoms with van der Waals surface area (Å²) in [6, 6.07) is 3.73. The van der Waals surface area contributed by atoms with Gasteiger partial charge in [-0.25, -0.2) is 13.2 Å². The first-order valence-corrected chi connectivity index (χ1v) is 8.93. The number of carbonyl (C=O) groups excluding carboxylic acids is 1. The Kier molecular flexibility index (Phi) is 4.67. The minimum Gasteiger partial charge on any atom is -0.478 e. The number of halogens is 1. The second-order valence-corrected chi connectivity index (χ2v) is 8.11. The molecule has 1 aliphatic rings. The normalized spacial score (nSPS) is 20.7. The summed E-state index contributed by atoms with van der Waals surface area (Å²) >= 11 is 3.15. The Morgan fingerprint density at radius 3 is 2.52 bits per heavy atom. The molecule has 6 nitrogen and oxygen atoms in total. The van der Waals surface area contributed by atoms with Gasteiger partial charge in [-0.05, 0) is 31.0 Å². The molecule has 1 aliphatic heterocycles. The predicted molar refractivity (Wildman–Crippen MR) is 80.2 cm³/mol. The molecule has 21 heavy (non-hydrogen) atoms. The summed E-state index contributed by atoms with van der Waals surface area (Å²) in [7, 11) is -3.11. The molecule has 0 bridgehead atoms. The average molecular weight is 376 g/mol. The first-order valence-electron chi connectivity index (χ1n) is 6.32. The molecule has 8 heteroatoms. The Balaban J connectivity index is 2.15. The van der Waals surface area contributed by atoms with E-state index in [0.717, 1.165) is 0 Å². The highest BCUT2D eigenvalue weighted by atomic mass is 79.9. The molecule has 0 spiro atoms. The number of hydrogen-bond donors (Lipinski definition) is 2. The Morgan fingerprint density at radius 2 is 1.90 bits per heavy atom. The van der Waals surface area contributed by atoms with Gasteiger partial charge in [0.25, 0.3) is 5.91 Å². The largest absolute Gasteiger partial charge is 0.478 e. The molecule has 2 rings (SSSR count). The van der Waals surface area contributed by atoms with Crippen LogP contribution in [0.4, 0.5) is 0 Å². The molecule has 0 aromatic heterocycles. The van der Waals surface area contributed by atoms with E-state index in [0.29, 0.717) is 17.3 Å². The summed E-state index contributed by atoms with van der Waals surface area (Å²) in [4.78, 5) is 23.1. The van der Waals surface area contributed by atoms with E-state index in [2.05, 4.69) is 21.2 Å². The highest BCUT2D eigenvalue weighted by molar-refractivity contribution is 9.10. The molecule has 1 atom stereocenters. The number of benzene rings is 1. The van der Waals surface area contributed by atoms with Gasteiger partial charge in [0.05, 0.1) is 17.1 Å². The van der Waals surface area contributed by atoms with Crippen molar-refractivity contribution in [2.45, 2.75) is 18.9 Å². The van der Waals surface area contributed by atoms with Crippen molar-refractivity contribution in [3.63, 3.8) is 0 Å². The summed E-state index contributed by atoms with van der Waals surface area (Å²) in [6.07, 6.45) is 1.12. The topological polar surface area (TPSA) is 101 Å². The zero-order valence-electron chi connectivity index (χ0n) is 11.0. The van der Waals surface area contributed by atoms with Crippen LogP contribution in [-0.2, 0) is 9.84 Å². The van der Waals surface area contributed by atoms with Crippen LogP contribution >= 0.6 is 15.9 Å². The van der Waals surface area contributed by atoms with Gasteiger partial charge in [-0.2, -0.15) is 0 Å². The monoisotopic (exact) mass is 375 g/mol. The highest BCUT2D eigenvalue weighted by Crippen LogP contribution is 2.17. The number of rotatable bonds is 3. The SMILES string of the molecule is O=C(O)c1cc(Br)cc(C(=O)NC2CCCS(=O)(=O)C2)c1. The van der Waals surface area contributed by atoms with Crippen molar-refractivity contribution in [3.8, 4) is 0 Å². The van der Waals surface area contributed by atoms with Crippen molar-refractivity contribution < 1.29 is 23.1 Å². The van der Waals surface area contributed by atoms with Crippen LogP contribution in [0, 0.1) is 0 Å². The van der Waals surface area contributed by atoms with Crippen LogP contribution in [0.1, 0.15) is 33.6 Å². The molecular formula is C13H14BrNO5S. The lowest BCUT2D eigenvalue weighted by atomic mass is 10.1. The van der Waals surface area contributed by atoms with E-state index in [-0.39, 0.29) is 22.6 Å². The van der Waals surface area contributed by atoms with Crippen molar-refractivity contribution in [3.05, 3.63) is 33.8 Å². The van der Waals surface area contributed by atoms with Crippen molar-refractivity contribution in [2.24, 2.45) is 0 Å². The fourth-order valence-electron chi connectivity index (χ4n) is 2.25. The third kappa shape index (κ3) is 4.28. The number of aromatic carboxylic acids is 1. The second-order valence-electron chi connectivity index (χ2n) is 4.96. The Morgan fingerprint density at radius 1 is 1.24 bits per heavy atom. The number of hydrogen-bond acceptors (Lipinski definition) is 4. The van der Waals surface area contributed by atoms with Gasteiger partial charge in [-0.3, -0.25) is 4.79 Å². The van der Waals surface area contributed by atoms with Crippen molar-refractivity contribution in [2.75, 3.05) is 11.5 Å². The van der Waals surface area contributed by atoms with E-state index < -0.39 is 27.8 Å². The zero-order valence-corrected chi connectivity index (χ0v) is 13.4. The van der Waals surface area contributed by atoms with Gasteiger partial charge in [-0.15, -0.1) is 0 Å². The molecule has 2 N–H and O–H groups in total. The van der Waals surface area contributed by atoms with Gasteiger partial charge >= 0.3 is 5.97 Å². The van der Waals surface area contributed by atoms with E-state index in [4.69, 9.17) is 5.11 Å². The maximum absolute atomic E-state index is 12.1. The minimum absolute atomic E-state index is 0.00853. The summed E-state index contributed by atoms with van der Waals surface area (Å²) < 4.78 is 23.6. The third-order valence-electron chi connectivity index (χ3n) is 3.21. The van der Waals surface area contributed by atoms with Crippen LogP contribution in [0.2, 0.25) is 0 Å². The molecule has 1 amide bonds. The Hall–Kier alpha value is -1.41. The van der Waals surface area contributed by atoms with Gasteiger partial charge in [0.1, 0.15) is 0 Å². The van der Waals surface area contributed by atoms with Gasteiger partial charge in [0.2, 0.25) is 0 Å². The Bertz CT molecular complexity index is 686. The van der Waals surface area contributed by atoms with Crippen LogP contribution < -0.4 is 5.32 Å². The number of carbonyl (C=O) groups is 2. The molecule has 1 unspecified atom stereocenters. The highest BCUT2D eigenvalue weighted by Gasteiger charge is 2.26. The van der Waals surface area contributed by atoms with Crippen LogP contribution in [0.3, 0.4) is 0 Å². The van der Waals surface area contributed by atoms with E-state index in [9.17, 15) is 18.0 Å². The zero-order chi connectivity index (χ0) is 15.6. The van der Waals surface area contributed by atoms with Crippen LogP contribution in [0.25, 0.3) is 0 Å². The van der Waals surface area contributed by atoms with E-state index in [1.165, 1.54) is 18.2 Å². The molecular weight excluding hydrogens is 362 g/mol. The molecule has 1 aromatic carbocycles. The van der Waals surface area contributed by atoms with Crippen LogP contribution in [0.15, 0.2) is 22.7 Å². The fourth-order valence-corrected chi connectivity index (χ4v) is 4.38. The van der Waals surface area contributed by atoms with Gasteiger partial charge in [0, 0.05) is 16.1 Å². The quantitative estimate of drug-likeness (QED) is 0.832. The lowest BCUT2D eigenvalue weighted by molar-refractivity contribution is 0.0696. The second kappa shape index (κ2) is 6.15. The number of nitrogens with one attached hydrogen (secondary N) is 1. The molecule has 0 saturated carbocycles. The van der Waals surface area contributed by atoms with E-state index in [1.807, 2.05) is 0 Å². The van der Waals surface area contributed by atoms with Crippen LogP contribution in [-0.4, -0.2) is 42.9 Å². The van der Waals surface area contributed by atoms with E-state index in [1.54, 1.807) is 0 Å². The number of carboxylic acid groups (broad SMARTS) is 1. The predicted octanol–water partition coefficient (Wildman–Crippen LogP) is 1.45. The maximum Gasteiger partial charge on any atom is 0.335 e. The summed E-state index contributed by atoms with van der Waals surface area (Å²) in [5.41, 5.74) is 0.176. The number of amides is 1. The molecule has 1 saturated heterocycles. The van der Waals surface area contributed by atoms with Gasteiger partial charge in [0.15, 0.2) is 9.84 Å². The van der Waals surface area contributed by atoms with Gasteiger partial charge < -0.3 is 10.4 Å². The fraction of sp³-hybridized carbons (Fsp3) is 0.385. The standard InChI is InChI=1S/C13H14BrNO5S/c14-10-5-8(4-9(6-10)13(17)18)12(16)15-11-2-1-3-21(19,20)7-11/h4-6,11H,1-3,7H2,(H,15,16)(H,17,18). The van der Waals surface area contributed by atoms with E-state index >= 15 is 0 Å². The molecule has 114 valence electrons. The number of carboxylic acids is 1. The lowest BCUT2D eigenvalue weighted by Crippen LogP contribution is -2.43. The van der Waals surface area contributed by atoms with Crippen molar-refractivity contribution in [1.29, 1.82) is 0 Å². The Labute approximate surface area is 130 Å². The van der Waals surface area contributed by atoms with Crippen molar-refractivity contribution >= 4 is 37.6 Å². The minimum atomic E-state index is -3.11. The summed E-state index contributed by atoms with van der Waals surface area (Å²) in [5, 5.41) is 11.6. The molecule has 1 aromatic rings. The lowest BCUT2D eigenvalue weighted by Gasteiger charge is -2.23. The van der Waals surface area contributed by atoms with Crippen LogP contribution in [0.5, 0.6) is 0 Å². The third-order valence-corrected chi connectivity index (χ3v) is 5.48. The molecule has 1 fully saturated rings. The summed E-state index contributed by atoms with van der Waals surface area (Å²) in [5.74, 6) is -1.52. The summed E-state index contributed by atoms with van der Waals surface area (Å²) in [6.45, 7) is 0. The molecule has 0 radical (unpaired) electrons. The molecule has 1 heterocycles. The smallest absolute Gasteiger partial charge is 0.335 e. The average Bonchev–Trinajstić information content (AvgIpc) is 2.36. The van der Waals surface area contributed by atoms with Crippen molar-refractivity contribution in [1.82, 2.24) is 5.32 Å². The molecule has 0 aliphatic carbocycles. The number of sulfone groups is 1. The van der Waals surface area contributed by atoms with Gasteiger partial charge in [-0.1, -0.05) is 15.9 Å². The first kappa shape index (κ1) is 16.0. The first-order chi connectivity index (χ1) is 9.77.